The highest BCUT2D eigenvalue weighted by molar-refractivity contribution is 6.22. The van der Waals surface area contributed by atoms with E-state index >= 15 is 0 Å². The molecule has 0 amide bonds. The summed E-state index contributed by atoms with van der Waals surface area (Å²) in [5, 5.41) is 8.37. The first-order chi connectivity index (χ1) is 6.74. The van der Waals surface area contributed by atoms with Crippen LogP contribution in [0.4, 0.5) is 0 Å². The lowest BCUT2D eigenvalue weighted by atomic mass is 9.93. The van der Waals surface area contributed by atoms with Crippen LogP contribution in [0.15, 0.2) is 4.99 Å². The van der Waals surface area contributed by atoms with Gasteiger partial charge in [0, 0.05) is 13.2 Å². The van der Waals surface area contributed by atoms with Crippen LogP contribution in [0.2, 0.25) is 0 Å². The lowest BCUT2D eigenvalue weighted by Gasteiger charge is -2.24. The van der Waals surface area contributed by atoms with Crippen LogP contribution in [0.1, 0.15) is 12.8 Å². The molecule has 0 spiro atoms. The summed E-state index contributed by atoms with van der Waals surface area (Å²) in [4.78, 5) is 24.6. The molecule has 0 aromatic rings. The van der Waals surface area contributed by atoms with Crippen molar-refractivity contribution in [3.8, 4) is 0 Å². The second-order valence-electron chi connectivity index (χ2n) is 3.19. The van der Waals surface area contributed by atoms with Crippen molar-refractivity contribution in [2.75, 3.05) is 13.2 Å². The van der Waals surface area contributed by atoms with E-state index in [0.717, 1.165) is 19.1 Å². The Balaban J connectivity index is 2.51. The molecule has 0 saturated carbocycles. The standard InChI is InChI=1S/C9H13NO4/c11-6-8(10-5-9(12)13)7-1-3-14-4-2-7/h5-8H,1-4H2,(H,12,13). The van der Waals surface area contributed by atoms with Crippen LogP contribution >= 0.6 is 0 Å². The molecule has 1 N–H and O–H groups in total. The van der Waals surface area contributed by atoms with Gasteiger partial charge in [-0.2, -0.15) is 0 Å². The van der Waals surface area contributed by atoms with E-state index in [1.165, 1.54) is 0 Å². The van der Waals surface area contributed by atoms with Gasteiger partial charge in [-0.15, -0.1) is 0 Å². The van der Waals surface area contributed by atoms with Crippen molar-refractivity contribution in [1.82, 2.24) is 0 Å². The van der Waals surface area contributed by atoms with Crippen molar-refractivity contribution in [1.29, 1.82) is 0 Å². The first kappa shape index (κ1) is 10.8. The van der Waals surface area contributed by atoms with Crippen molar-refractivity contribution < 1.29 is 19.4 Å². The van der Waals surface area contributed by atoms with E-state index in [-0.39, 0.29) is 5.92 Å². The fourth-order valence-electron chi connectivity index (χ4n) is 1.48. The predicted octanol–water partition coefficient (Wildman–Crippen LogP) is 0.136. The molecular weight excluding hydrogens is 186 g/mol. The van der Waals surface area contributed by atoms with Crippen LogP contribution in [0.5, 0.6) is 0 Å². The van der Waals surface area contributed by atoms with Crippen molar-refractivity contribution >= 4 is 18.5 Å². The molecule has 14 heavy (non-hydrogen) atoms. The molecule has 0 aromatic heterocycles. The number of aliphatic imine (C=N–C) groups is 1. The van der Waals surface area contributed by atoms with Gasteiger partial charge in [-0.1, -0.05) is 0 Å². The molecule has 0 bridgehead atoms. The van der Waals surface area contributed by atoms with Gasteiger partial charge in [-0.3, -0.25) is 4.99 Å². The molecule has 1 unspecified atom stereocenters. The fraction of sp³-hybridized carbons (Fsp3) is 0.667. The molecule has 1 atom stereocenters. The maximum Gasteiger partial charge on any atom is 0.346 e. The zero-order valence-electron chi connectivity index (χ0n) is 7.76. The van der Waals surface area contributed by atoms with Crippen LogP contribution in [-0.2, 0) is 14.3 Å². The van der Waals surface area contributed by atoms with Gasteiger partial charge in [0.15, 0.2) is 0 Å². The topological polar surface area (TPSA) is 76.0 Å². The number of carboxylic acid groups (broad SMARTS) is 1. The Kier molecular flexibility index (Phi) is 4.25. The number of aliphatic carboxylic acids is 1. The largest absolute Gasteiger partial charge is 0.477 e. The van der Waals surface area contributed by atoms with E-state index in [9.17, 15) is 9.59 Å². The predicted molar refractivity (Wildman–Crippen MR) is 49.5 cm³/mol. The molecule has 5 nitrogen and oxygen atoms in total. The van der Waals surface area contributed by atoms with E-state index in [2.05, 4.69) is 4.99 Å². The highest BCUT2D eigenvalue weighted by Crippen LogP contribution is 2.19. The molecule has 78 valence electrons. The summed E-state index contributed by atoms with van der Waals surface area (Å²) in [6, 6.07) is -0.532. The minimum Gasteiger partial charge on any atom is -0.477 e. The van der Waals surface area contributed by atoms with Crippen molar-refractivity contribution in [2.24, 2.45) is 10.9 Å². The molecule has 1 fully saturated rings. The molecular formula is C9H13NO4. The quantitative estimate of drug-likeness (QED) is 0.516. The van der Waals surface area contributed by atoms with Gasteiger partial charge < -0.3 is 14.6 Å². The lowest BCUT2D eigenvalue weighted by Crippen LogP contribution is -2.27. The van der Waals surface area contributed by atoms with E-state index in [0.29, 0.717) is 19.5 Å². The zero-order valence-corrected chi connectivity index (χ0v) is 7.76. The third-order valence-electron chi connectivity index (χ3n) is 2.25. The first-order valence-corrected chi connectivity index (χ1v) is 4.53. The summed E-state index contributed by atoms with van der Waals surface area (Å²) in [6.07, 6.45) is 3.02. The Morgan fingerprint density at radius 3 is 2.64 bits per heavy atom. The molecule has 1 saturated heterocycles. The normalized spacial score (nSPS) is 20.9. The van der Waals surface area contributed by atoms with Gasteiger partial charge >= 0.3 is 5.97 Å². The van der Waals surface area contributed by atoms with E-state index in [1.807, 2.05) is 0 Å². The monoisotopic (exact) mass is 199 g/mol. The van der Waals surface area contributed by atoms with Crippen LogP contribution < -0.4 is 0 Å². The highest BCUT2D eigenvalue weighted by atomic mass is 16.5. The third-order valence-corrected chi connectivity index (χ3v) is 2.25. The van der Waals surface area contributed by atoms with E-state index < -0.39 is 12.0 Å². The lowest BCUT2D eigenvalue weighted by molar-refractivity contribution is -0.128. The Bertz CT molecular complexity index is 233. The molecule has 1 aliphatic rings. The summed E-state index contributed by atoms with van der Waals surface area (Å²) in [7, 11) is 0. The summed E-state index contributed by atoms with van der Waals surface area (Å²) >= 11 is 0. The molecule has 5 heteroatoms. The van der Waals surface area contributed by atoms with Gasteiger partial charge in [0.1, 0.15) is 18.5 Å². The van der Waals surface area contributed by atoms with Gasteiger partial charge in [0.25, 0.3) is 0 Å². The first-order valence-electron chi connectivity index (χ1n) is 4.53. The Hall–Kier alpha value is -1.23. The molecule has 0 aliphatic carbocycles. The molecule has 0 aromatic carbocycles. The maximum atomic E-state index is 10.7. The van der Waals surface area contributed by atoms with E-state index in [1.54, 1.807) is 0 Å². The number of ether oxygens (including phenoxy) is 1. The second kappa shape index (κ2) is 5.49. The molecule has 1 rings (SSSR count). The number of hydrogen-bond donors (Lipinski definition) is 1. The maximum absolute atomic E-state index is 10.7. The summed E-state index contributed by atoms with van der Waals surface area (Å²) in [6.45, 7) is 1.25. The smallest absolute Gasteiger partial charge is 0.346 e. The Labute approximate surface area is 81.8 Å². The van der Waals surface area contributed by atoms with Crippen LogP contribution in [0.3, 0.4) is 0 Å². The highest BCUT2D eigenvalue weighted by Gasteiger charge is 2.22. The molecule has 1 aliphatic heterocycles. The number of hydrogen-bond acceptors (Lipinski definition) is 4. The van der Waals surface area contributed by atoms with Crippen LogP contribution in [0.25, 0.3) is 0 Å². The van der Waals surface area contributed by atoms with E-state index in [4.69, 9.17) is 9.84 Å². The number of carboxylic acids is 1. The average molecular weight is 199 g/mol. The Morgan fingerprint density at radius 2 is 2.14 bits per heavy atom. The minimum atomic E-state index is -1.12. The third kappa shape index (κ3) is 3.26. The SMILES string of the molecule is O=CC(N=CC(=O)O)C1CCOCC1. The van der Waals surface area contributed by atoms with Gasteiger partial charge in [-0.05, 0) is 18.8 Å². The summed E-state index contributed by atoms with van der Waals surface area (Å²) < 4.78 is 5.14. The van der Waals surface area contributed by atoms with Gasteiger partial charge in [-0.25, -0.2) is 4.79 Å². The molecule has 1 heterocycles. The van der Waals surface area contributed by atoms with Gasteiger partial charge in [0.05, 0.1) is 0 Å². The number of aldehydes is 1. The zero-order chi connectivity index (χ0) is 10.4. The number of carbonyl (C=O) groups excluding carboxylic acids is 1. The van der Waals surface area contributed by atoms with Crippen molar-refractivity contribution in [3.05, 3.63) is 0 Å². The van der Waals surface area contributed by atoms with Crippen molar-refractivity contribution in [3.63, 3.8) is 0 Å². The number of rotatable bonds is 4. The van der Waals surface area contributed by atoms with Gasteiger partial charge in [0.2, 0.25) is 0 Å². The fourth-order valence-corrected chi connectivity index (χ4v) is 1.48. The second-order valence-corrected chi connectivity index (χ2v) is 3.19. The minimum absolute atomic E-state index is 0.122. The molecule has 0 radical (unpaired) electrons. The number of nitrogens with zero attached hydrogens (tertiary/aromatic N) is 1. The summed E-state index contributed by atoms with van der Waals surface area (Å²) in [5.41, 5.74) is 0. The Morgan fingerprint density at radius 1 is 1.50 bits per heavy atom. The van der Waals surface area contributed by atoms with Crippen LogP contribution in [0, 0.1) is 5.92 Å². The van der Waals surface area contributed by atoms with Crippen molar-refractivity contribution in [2.45, 2.75) is 18.9 Å². The average Bonchev–Trinajstić information content (AvgIpc) is 2.20. The summed E-state index contributed by atoms with van der Waals surface area (Å²) in [5.74, 6) is -0.999. The van der Waals surface area contributed by atoms with Crippen LogP contribution in [-0.4, -0.2) is 42.8 Å². The number of carbonyl (C=O) groups is 2.